The van der Waals surface area contributed by atoms with Crippen molar-refractivity contribution < 1.29 is 17.7 Å². The number of H-pyrrole nitrogens is 1. The van der Waals surface area contributed by atoms with Crippen LogP contribution in [-0.2, 0) is 23.2 Å². The molecule has 1 atom stereocenters. The molecule has 0 saturated heterocycles. The van der Waals surface area contributed by atoms with Gasteiger partial charge in [-0.3, -0.25) is 5.32 Å². The van der Waals surface area contributed by atoms with Crippen LogP contribution in [0.5, 0.6) is 5.75 Å². The molecule has 3 aromatic rings. The third-order valence-corrected chi connectivity index (χ3v) is 5.26. The molecule has 2 heterocycles. The predicted octanol–water partition coefficient (Wildman–Crippen LogP) is 2.75. The highest BCUT2D eigenvalue weighted by atomic mass is 35.5. The van der Waals surface area contributed by atoms with Crippen molar-refractivity contribution in [1.29, 1.82) is 0 Å². The molecular formula is C20H24ClN3O4S. The molecule has 7 nitrogen and oxygen atoms in total. The molecule has 1 aliphatic rings. The molecule has 156 valence electrons. The van der Waals surface area contributed by atoms with Gasteiger partial charge in [0.1, 0.15) is 12.0 Å². The van der Waals surface area contributed by atoms with Gasteiger partial charge in [0.25, 0.3) is 0 Å². The van der Waals surface area contributed by atoms with Crippen molar-refractivity contribution in [3.8, 4) is 17.0 Å². The SMILES string of the molecule is CN(C)Cc1ccc2[nH]c(-c3ccc(OS(C)(=O)=O)c4c3C(O)NC4)cc2c1.Cl. The minimum atomic E-state index is -3.65. The third-order valence-electron chi connectivity index (χ3n) is 4.78. The summed E-state index contributed by atoms with van der Waals surface area (Å²) >= 11 is 0. The fourth-order valence-electron chi connectivity index (χ4n) is 3.71. The number of hydrogen-bond donors (Lipinski definition) is 3. The molecule has 0 aliphatic carbocycles. The van der Waals surface area contributed by atoms with Crippen LogP contribution in [0.4, 0.5) is 0 Å². The summed E-state index contributed by atoms with van der Waals surface area (Å²) in [5.74, 6) is 0.245. The molecular weight excluding hydrogens is 414 g/mol. The zero-order chi connectivity index (χ0) is 20.1. The van der Waals surface area contributed by atoms with E-state index in [9.17, 15) is 13.5 Å². The Morgan fingerprint density at radius 2 is 1.97 bits per heavy atom. The number of hydrogen-bond acceptors (Lipinski definition) is 6. The number of aliphatic hydroxyl groups excluding tert-OH is 1. The Morgan fingerprint density at radius 1 is 1.21 bits per heavy atom. The molecule has 3 N–H and O–H groups in total. The van der Waals surface area contributed by atoms with Crippen LogP contribution in [0.15, 0.2) is 36.4 Å². The summed E-state index contributed by atoms with van der Waals surface area (Å²) in [4.78, 5) is 5.51. The number of halogens is 1. The van der Waals surface area contributed by atoms with Gasteiger partial charge in [0, 0.05) is 46.4 Å². The molecule has 29 heavy (non-hydrogen) atoms. The topological polar surface area (TPSA) is 94.7 Å². The van der Waals surface area contributed by atoms with Crippen LogP contribution in [0.25, 0.3) is 22.2 Å². The second-order valence-corrected chi connectivity index (χ2v) is 8.99. The second-order valence-electron chi connectivity index (χ2n) is 7.42. The van der Waals surface area contributed by atoms with Gasteiger partial charge < -0.3 is 19.2 Å². The Balaban J connectivity index is 0.00000240. The first kappa shape index (κ1) is 21.6. The fraction of sp³-hybridized carbons (Fsp3) is 0.300. The van der Waals surface area contributed by atoms with Gasteiger partial charge in [-0.2, -0.15) is 8.42 Å². The van der Waals surface area contributed by atoms with E-state index in [1.54, 1.807) is 12.1 Å². The molecule has 2 aromatic carbocycles. The standard InChI is InChI=1S/C20H23N3O4S.ClH/c1-23(2)11-12-4-6-16-13(8-12)9-17(22-16)14-5-7-18(27-28(3,25)26)15-10-21-20(24)19(14)15;/h4-9,20-22,24H,10-11H2,1-3H3;1H. The molecule has 0 radical (unpaired) electrons. The van der Waals surface area contributed by atoms with E-state index in [-0.39, 0.29) is 18.2 Å². The van der Waals surface area contributed by atoms with Gasteiger partial charge in [-0.1, -0.05) is 6.07 Å². The summed E-state index contributed by atoms with van der Waals surface area (Å²) < 4.78 is 28.2. The van der Waals surface area contributed by atoms with Crippen molar-refractivity contribution in [1.82, 2.24) is 15.2 Å². The van der Waals surface area contributed by atoms with Crippen LogP contribution in [0.2, 0.25) is 0 Å². The lowest BCUT2D eigenvalue weighted by Gasteiger charge is -2.13. The lowest BCUT2D eigenvalue weighted by Crippen LogP contribution is -2.10. The maximum Gasteiger partial charge on any atom is 0.306 e. The number of benzene rings is 2. The summed E-state index contributed by atoms with van der Waals surface area (Å²) in [7, 11) is 0.414. The summed E-state index contributed by atoms with van der Waals surface area (Å²) in [6.45, 7) is 1.19. The first-order chi connectivity index (χ1) is 13.2. The van der Waals surface area contributed by atoms with E-state index < -0.39 is 16.3 Å². The molecule has 1 aromatic heterocycles. The van der Waals surface area contributed by atoms with E-state index in [0.717, 1.165) is 35.0 Å². The van der Waals surface area contributed by atoms with E-state index in [1.807, 2.05) is 26.2 Å². The van der Waals surface area contributed by atoms with Crippen LogP contribution in [-0.4, -0.2) is 43.8 Å². The van der Waals surface area contributed by atoms with Crippen LogP contribution < -0.4 is 9.50 Å². The maximum absolute atomic E-state index is 11.5. The highest BCUT2D eigenvalue weighted by Gasteiger charge is 2.28. The lowest BCUT2D eigenvalue weighted by molar-refractivity contribution is 0.152. The number of fused-ring (bicyclic) bond motifs is 2. The van der Waals surface area contributed by atoms with Crippen LogP contribution >= 0.6 is 12.4 Å². The molecule has 1 unspecified atom stereocenters. The number of rotatable bonds is 5. The van der Waals surface area contributed by atoms with Gasteiger partial charge in [0.15, 0.2) is 0 Å². The number of aliphatic hydroxyl groups is 1. The van der Waals surface area contributed by atoms with Gasteiger partial charge >= 0.3 is 10.1 Å². The summed E-state index contributed by atoms with van der Waals surface area (Å²) in [6, 6.07) is 11.7. The van der Waals surface area contributed by atoms with E-state index in [2.05, 4.69) is 27.3 Å². The van der Waals surface area contributed by atoms with E-state index in [0.29, 0.717) is 17.7 Å². The minimum absolute atomic E-state index is 0. The Hall–Kier alpha value is -2.10. The van der Waals surface area contributed by atoms with Crippen molar-refractivity contribution in [2.45, 2.75) is 19.3 Å². The summed E-state index contributed by atoms with van der Waals surface area (Å²) in [6.07, 6.45) is 0.124. The largest absolute Gasteiger partial charge is 0.382 e. The lowest BCUT2D eigenvalue weighted by atomic mass is 9.99. The average Bonchev–Trinajstić information content (AvgIpc) is 3.17. The highest BCUT2D eigenvalue weighted by Crippen LogP contribution is 2.40. The first-order valence-corrected chi connectivity index (χ1v) is 10.8. The third kappa shape index (κ3) is 4.41. The molecule has 4 rings (SSSR count). The van der Waals surface area contributed by atoms with Crippen molar-refractivity contribution >= 4 is 33.4 Å². The Kier molecular flexibility index (Phi) is 5.93. The van der Waals surface area contributed by atoms with E-state index >= 15 is 0 Å². The van der Waals surface area contributed by atoms with Crippen molar-refractivity contribution in [2.75, 3.05) is 20.4 Å². The fourth-order valence-corrected chi connectivity index (χ4v) is 4.19. The smallest absolute Gasteiger partial charge is 0.306 e. The molecule has 1 aliphatic heterocycles. The van der Waals surface area contributed by atoms with Gasteiger partial charge in [-0.25, -0.2) is 0 Å². The molecule has 0 spiro atoms. The number of aromatic amines is 1. The monoisotopic (exact) mass is 437 g/mol. The molecule has 0 bridgehead atoms. The molecule has 0 fully saturated rings. The van der Waals surface area contributed by atoms with Crippen molar-refractivity contribution in [2.24, 2.45) is 0 Å². The Labute approximate surface area is 176 Å². The van der Waals surface area contributed by atoms with E-state index in [1.165, 1.54) is 5.56 Å². The summed E-state index contributed by atoms with van der Waals surface area (Å²) in [5, 5.41) is 14.5. The zero-order valence-electron chi connectivity index (χ0n) is 16.4. The van der Waals surface area contributed by atoms with Gasteiger partial charge in [0.2, 0.25) is 0 Å². The number of aromatic nitrogens is 1. The second kappa shape index (κ2) is 7.97. The summed E-state index contributed by atoms with van der Waals surface area (Å²) in [5.41, 5.74) is 5.19. The molecule has 9 heteroatoms. The number of nitrogens with zero attached hydrogens (tertiary/aromatic N) is 1. The van der Waals surface area contributed by atoms with Gasteiger partial charge in [0.05, 0.1) is 6.26 Å². The first-order valence-electron chi connectivity index (χ1n) is 8.95. The predicted molar refractivity (Wildman–Crippen MR) is 116 cm³/mol. The van der Waals surface area contributed by atoms with Crippen LogP contribution in [0.3, 0.4) is 0 Å². The van der Waals surface area contributed by atoms with Gasteiger partial charge in [-0.05, 0) is 50.0 Å². The molecule has 0 amide bonds. The zero-order valence-corrected chi connectivity index (χ0v) is 18.0. The normalized spacial score (nSPS) is 16.1. The average molecular weight is 438 g/mol. The van der Waals surface area contributed by atoms with Crippen LogP contribution in [0, 0.1) is 0 Å². The van der Waals surface area contributed by atoms with Crippen LogP contribution in [0.1, 0.15) is 22.9 Å². The Morgan fingerprint density at radius 3 is 2.66 bits per heavy atom. The maximum atomic E-state index is 11.5. The van der Waals surface area contributed by atoms with Crippen molar-refractivity contribution in [3.63, 3.8) is 0 Å². The van der Waals surface area contributed by atoms with Crippen molar-refractivity contribution in [3.05, 3.63) is 53.1 Å². The van der Waals surface area contributed by atoms with Gasteiger partial charge in [-0.15, -0.1) is 12.4 Å². The Bertz CT molecular complexity index is 1160. The quantitative estimate of drug-likeness (QED) is 0.531. The highest BCUT2D eigenvalue weighted by molar-refractivity contribution is 7.86. The molecule has 0 saturated carbocycles. The number of nitrogens with one attached hydrogen (secondary N) is 2. The minimum Gasteiger partial charge on any atom is -0.382 e. The van der Waals surface area contributed by atoms with E-state index in [4.69, 9.17) is 4.18 Å².